The lowest BCUT2D eigenvalue weighted by Gasteiger charge is -2.32. The molecule has 1 N–H and O–H groups in total. The zero-order valence-electron chi connectivity index (χ0n) is 7.70. The van der Waals surface area contributed by atoms with Gasteiger partial charge in [-0.25, -0.2) is 9.78 Å². The Balaban J connectivity index is 2.45. The van der Waals surface area contributed by atoms with Crippen molar-refractivity contribution >= 4 is 23.4 Å². The van der Waals surface area contributed by atoms with Crippen molar-refractivity contribution in [2.45, 2.75) is 6.42 Å². The van der Waals surface area contributed by atoms with Crippen LogP contribution in [0, 0.1) is 5.95 Å². The normalized spacial score (nSPS) is 14.9. The predicted octanol–water partition coefficient (Wildman–Crippen LogP) is 1.78. The van der Waals surface area contributed by atoms with E-state index in [1.807, 2.05) is 0 Å². The quantitative estimate of drug-likeness (QED) is 0.787. The number of carboxylic acids is 1. The first kappa shape index (κ1) is 10.2. The fourth-order valence-corrected chi connectivity index (χ4v) is 1.53. The van der Waals surface area contributed by atoms with Crippen molar-refractivity contribution in [2.24, 2.45) is 0 Å². The van der Waals surface area contributed by atoms with E-state index in [1.165, 1.54) is 6.07 Å². The second-order valence-electron chi connectivity index (χ2n) is 3.28. The first-order valence-corrected chi connectivity index (χ1v) is 4.81. The van der Waals surface area contributed by atoms with Gasteiger partial charge in [0, 0.05) is 13.1 Å². The van der Waals surface area contributed by atoms with Crippen LogP contribution in [0.25, 0.3) is 0 Å². The maximum absolute atomic E-state index is 13.2. The smallest absolute Gasteiger partial charge is 0.337 e. The van der Waals surface area contributed by atoms with Crippen LogP contribution in [0.1, 0.15) is 16.8 Å². The highest BCUT2D eigenvalue weighted by molar-refractivity contribution is 6.33. The molecule has 1 saturated heterocycles. The van der Waals surface area contributed by atoms with Gasteiger partial charge in [0.05, 0.1) is 5.56 Å². The van der Waals surface area contributed by atoms with Crippen molar-refractivity contribution in [1.29, 1.82) is 0 Å². The Bertz CT molecular complexity index is 421. The van der Waals surface area contributed by atoms with E-state index in [0.717, 1.165) is 19.5 Å². The number of anilines is 1. The molecule has 0 atom stereocenters. The zero-order valence-corrected chi connectivity index (χ0v) is 8.46. The van der Waals surface area contributed by atoms with Crippen LogP contribution in [0.3, 0.4) is 0 Å². The molecule has 80 valence electrons. The molecule has 0 radical (unpaired) electrons. The van der Waals surface area contributed by atoms with E-state index in [-0.39, 0.29) is 5.56 Å². The Hall–Kier alpha value is -1.36. The van der Waals surface area contributed by atoms with Crippen LogP contribution in [0.15, 0.2) is 6.07 Å². The van der Waals surface area contributed by atoms with E-state index in [0.29, 0.717) is 5.82 Å². The first-order chi connectivity index (χ1) is 7.09. The van der Waals surface area contributed by atoms with Crippen LogP contribution in [0.2, 0.25) is 5.02 Å². The maximum atomic E-state index is 13.2. The Labute approximate surface area is 90.3 Å². The summed E-state index contributed by atoms with van der Waals surface area (Å²) in [6.07, 6.45) is 1.01. The van der Waals surface area contributed by atoms with Gasteiger partial charge in [-0.1, -0.05) is 11.6 Å². The number of rotatable bonds is 2. The van der Waals surface area contributed by atoms with Gasteiger partial charge >= 0.3 is 5.97 Å². The molecule has 15 heavy (non-hydrogen) atoms. The second-order valence-corrected chi connectivity index (χ2v) is 3.66. The lowest BCUT2D eigenvalue weighted by molar-refractivity contribution is 0.0696. The third kappa shape index (κ3) is 1.74. The molecule has 1 aromatic rings. The molecule has 1 aromatic heterocycles. The topological polar surface area (TPSA) is 53.4 Å². The monoisotopic (exact) mass is 230 g/mol. The van der Waals surface area contributed by atoms with Crippen LogP contribution in [-0.2, 0) is 0 Å². The molecular weight excluding hydrogens is 223 g/mol. The Morgan fingerprint density at radius 3 is 2.73 bits per heavy atom. The van der Waals surface area contributed by atoms with Crippen molar-refractivity contribution in [1.82, 2.24) is 4.98 Å². The Morgan fingerprint density at radius 1 is 1.60 bits per heavy atom. The number of pyridine rings is 1. The predicted molar refractivity (Wildman–Crippen MR) is 53.0 cm³/mol. The van der Waals surface area contributed by atoms with E-state index in [4.69, 9.17) is 16.7 Å². The Kier molecular flexibility index (Phi) is 2.48. The molecule has 6 heteroatoms. The van der Waals surface area contributed by atoms with Gasteiger partial charge in [0.25, 0.3) is 0 Å². The van der Waals surface area contributed by atoms with Gasteiger partial charge < -0.3 is 10.0 Å². The lowest BCUT2D eigenvalue weighted by Crippen LogP contribution is -2.37. The standard InChI is InChI=1S/C9H8ClFN2O2/c10-7-5(9(14)15)4-6(12-8(7)11)13-2-1-3-13/h4H,1-3H2,(H,14,15). The lowest BCUT2D eigenvalue weighted by atomic mass is 10.2. The molecule has 1 aliphatic heterocycles. The van der Waals surface area contributed by atoms with E-state index >= 15 is 0 Å². The fraction of sp³-hybridized carbons (Fsp3) is 0.333. The van der Waals surface area contributed by atoms with E-state index in [1.54, 1.807) is 4.90 Å². The number of aromatic carboxylic acids is 1. The number of nitrogens with zero attached hydrogens (tertiary/aromatic N) is 2. The van der Waals surface area contributed by atoms with Crippen LogP contribution in [-0.4, -0.2) is 29.1 Å². The summed E-state index contributed by atoms with van der Waals surface area (Å²) in [4.78, 5) is 16.2. The molecule has 2 rings (SSSR count). The summed E-state index contributed by atoms with van der Waals surface area (Å²) in [5, 5.41) is 8.35. The van der Waals surface area contributed by atoms with Gasteiger partial charge in [-0.2, -0.15) is 4.39 Å². The summed E-state index contributed by atoms with van der Waals surface area (Å²) in [7, 11) is 0. The molecule has 0 spiro atoms. The summed E-state index contributed by atoms with van der Waals surface area (Å²) in [6, 6.07) is 1.30. The van der Waals surface area contributed by atoms with E-state index in [2.05, 4.69) is 4.98 Å². The molecule has 4 nitrogen and oxygen atoms in total. The van der Waals surface area contributed by atoms with E-state index < -0.39 is 16.9 Å². The largest absolute Gasteiger partial charge is 0.478 e. The van der Waals surface area contributed by atoms with Crippen molar-refractivity contribution in [3.05, 3.63) is 22.6 Å². The third-order valence-electron chi connectivity index (χ3n) is 2.31. The first-order valence-electron chi connectivity index (χ1n) is 4.44. The zero-order chi connectivity index (χ0) is 11.0. The molecule has 2 heterocycles. The van der Waals surface area contributed by atoms with Crippen LogP contribution >= 0.6 is 11.6 Å². The van der Waals surface area contributed by atoms with E-state index in [9.17, 15) is 9.18 Å². The van der Waals surface area contributed by atoms with Gasteiger partial charge in [0.1, 0.15) is 10.8 Å². The molecule has 0 bridgehead atoms. The van der Waals surface area contributed by atoms with Gasteiger partial charge in [-0.3, -0.25) is 0 Å². The summed E-state index contributed by atoms with van der Waals surface area (Å²) in [5.41, 5.74) is -0.244. The second kappa shape index (κ2) is 3.66. The van der Waals surface area contributed by atoms with Crippen molar-refractivity contribution < 1.29 is 14.3 Å². The summed E-state index contributed by atoms with van der Waals surface area (Å²) >= 11 is 5.49. The molecule has 1 fully saturated rings. The minimum atomic E-state index is -1.25. The van der Waals surface area contributed by atoms with Crippen LogP contribution < -0.4 is 4.90 Å². The van der Waals surface area contributed by atoms with Crippen molar-refractivity contribution in [3.63, 3.8) is 0 Å². The molecule has 0 aliphatic carbocycles. The van der Waals surface area contributed by atoms with Crippen LogP contribution in [0.5, 0.6) is 0 Å². The molecule has 0 amide bonds. The molecule has 0 unspecified atom stereocenters. The summed E-state index contributed by atoms with van der Waals surface area (Å²) < 4.78 is 13.2. The number of carboxylic acid groups (broad SMARTS) is 1. The summed E-state index contributed by atoms with van der Waals surface area (Å²) in [5.74, 6) is -1.85. The van der Waals surface area contributed by atoms with Gasteiger partial charge in [0.15, 0.2) is 0 Å². The average molecular weight is 231 g/mol. The third-order valence-corrected chi connectivity index (χ3v) is 2.67. The maximum Gasteiger partial charge on any atom is 0.337 e. The van der Waals surface area contributed by atoms with Crippen molar-refractivity contribution in [2.75, 3.05) is 18.0 Å². The van der Waals surface area contributed by atoms with Gasteiger partial charge in [-0.05, 0) is 12.5 Å². The fourth-order valence-electron chi connectivity index (χ4n) is 1.35. The average Bonchev–Trinajstić information content (AvgIpc) is 2.07. The minimum absolute atomic E-state index is 0.244. The number of hydrogen-bond donors (Lipinski definition) is 1. The molecule has 0 aromatic carbocycles. The SMILES string of the molecule is O=C(O)c1cc(N2CCC2)nc(F)c1Cl. The highest BCUT2D eigenvalue weighted by atomic mass is 35.5. The molecule has 1 aliphatic rings. The number of aromatic nitrogens is 1. The summed E-state index contributed by atoms with van der Waals surface area (Å²) in [6.45, 7) is 1.54. The Morgan fingerprint density at radius 2 is 2.27 bits per heavy atom. The minimum Gasteiger partial charge on any atom is -0.478 e. The molecular formula is C9H8ClFN2O2. The van der Waals surface area contributed by atoms with Gasteiger partial charge in [0.2, 0.25) is 5.95 Å². The number of hydrogen-bond acceptors (Lipinski definition) is 3. The molecule has 0 saturated carbocycles. The van der Waals surface area contributed by atoms with Crippen molar-refractivity contribution in [3.8, 4) is 0 Å². The highest BCUT2D eigenvalue weighted by Crippen LogP contribution is 2.26. The number of carbonyl (C=O) groups is 1. The van der Waals surface area contributed by atoms with Gasteiger partial charge in [-0.15, -0.1) is 0 Å². The number of halogens is 2. The van der Waals surface area contributed by atoms with Crippen LogP contribution in [0.4, 0.5) is 10.2 Å². The highest BCUT2D eigenvalue weighted by Gasteiger charge is 2.21.